The molecule has 1 aliphatic heterocycles. The van der Waals surface area contributed by atoms with Crippen molar-refractivity contribution >= 4 is 34.5 Å². The van der Waals surface area contributed by atoms with E-state index in [0.717, 1.165) is 42.7 Å². The van der Waals surface area contributed by atoms with Crippen molar-refractivity contribution < 1.29 is 14.0 Å². The number of halogens is 1. The summed E-state index contributed by atoms with van der Waals surface area (Å²) in [4.78, 5) is 30.2. The van der Waals surface area contributed by atoms with Crippen molar-refractivity contribution in [3.63, 3.8) is 0 Å². The summed E-state index contributed by atoms with van der Waals surface area (Å²) in [6, 6.07) is 5.68. The Bertz CT molecular complexity index is 857. The van der Waals surface area contributed by atoms with Gasteiger partial charge < -0.3 is 14.6 Å². The van der Waals surface area contributed by atoms with Gasteiger partial charge in [0.25, 0.3) is 0 Å². The molecule has 2 amide bonds. The first-order valence-corrected chi connectivity index (χ1v) is 9.95. The minimum Gasteiger partial charge on any atom is -0.440 e. The Kier molecular flexibility index (Phi) is 5.08. The molecule has 144 valence electrons. The molecule has 6 nitrogen and oxygen atoms in total. The van der Waals surface area contributed by atoms with Gasteiger partial charge in [0, 0.05) is 43.4 Å². The number of rotatable bonds is 4. The molecule has 1 unspecified atom stereocenters. The maximum absolute atomic E-state index is 12.3. The van der Waals surface area contributed by atoms with E-state index in [-0.39, 0.29) is 29.7 Å². The zero-order chi connectivity index (χ0) is 19.0. The van der Waals surface area contributed by atoms with Gasteiger partial charge in [-0.2, -0.15) is 0 Å². The van der Waals surface area contributed by atoms with Crippen molar-refractivity contribution in [3.8, 4) is 0 Å². The lowest BCUT2D eigenvalue weighted by molar-refractivity contribution is -0.126. The highest BCUT2D eigenvalue weighted by molar-refractivity contribution is 6.31. The fourth-order valence-electron chi connectivity index (χ4n) is 4.22. The van der Waals surface area contributed by atoms with Crippen LogP contribution in [0, 0.1) is 5.92 Å². The number of nitrogens with zero attached hydrogens (tertiary/aromatic N) is 2. The Morgan fingerprint density at radius 2 is 2.11 bits per heavy atom. The van der Waals surface area contributed by atoms with E-state index >= 15 is 0 Å². The maximum Gasteiger partial charge on any atom is 0.222 e. The van der Waals surface area contributed by atoms with Gasteiger partial charge in [-0.1, -0.05) is 11.6 Å². The van der Waals surface area contributed by atoms with Crippen LogP contribution in [-0.2, 0) is 9.59 Å². The lowest BCUT2D eigenvalue weighted by Gasteiger charge is -2.27. The molecule has 1 aromatic heterocycles. The highest BCUT2D eigenvalue weighted by atomic mass is 35.5. The zero-order valence-corrected chi connectivity index (χ0v) is 16.2. The second-order valence-electron chi connectivity index (χ2n) is 7.83. The highest BCUT2D eigenvalue weighted by Crippen LogP contribution is 2.34. The average Bonchev–Trinajstić information content (AvgIpc) is 3.18. The number of carbonyl (C=O) groups is 2. The van der Waals surface area contributed by atoms with Crippen molar-refractivity contribution in [1.82, 2.24) is 15.2 Å². The summed E-state index contributed by atoms with van der Waals surface area (Å²) in [5.41, 5.74) is 1.56. The number of nitrogens with one attached hydrogen (secondary N) is 1. The number of hydrogen-bond acceptors (Lipinski definition) is 4. The minimum absolute atomic E-state index is 0.0584. The fourth-order valence-corrected chi connectivity index (χ4v) is 4.39. The van der Waals surface area contributed by atoms with E-state index in [1.807, 2.05) is 12.1 Å². The summed E-state index contributed by atoms with van der Waals surface area (Å²) in [7, 11) is 1.79. The van der Waals surface area contributed by atoms with Gasteiger partial charge in [-0.3, -0.25) is 9.59 Å². The minimum atomic E-state index is 0.0584. The van der Waals surface area contributed by atoms with Crippen LogP contribution in [0.25, 0.3) is 11.1 Å². The molecule has 2 heterocycles. The zero-order valence-electron chi connectivity index (χ0n) is 15.4. The van der Waals surface area contributed by atoms with Gasteiger partial charge in [0.2, 0.25) is 11.8 Å². The van der Waals surface area contributed by atoms with Gasteiger partial charge in [-0.25, -0.2) is 4.98 Å². The van der Waals surface area contributed by atoms with Crippen molar-refractivity contribution in [2.75, 3.05) is 13.6 Å². The number of amides is 2. The van der Waals surface area contributed by atoms with Crippen LogP contribution >= 0.6 is 11.6 Å². The second kappa shape index (κ2) is 7.50. The van der Waals surface area contributed by atoms with Crippen molar-refractivity contribution in [2.45, 2.75) is 50.5 Å². The average molecular weight is 390 g/mol. The molecule has 7 heteroatoms. The van der Waals surface area contributed by atoms with Crippen LogP contribution < -0.4 is 5.32 Å². The van der Waals surface area contributed by atoms with E-state index in [4.69, 9.17) is 16.0 Å². The van der Waals surface area contributed by atoms with Gasteiger partial charge in [-0.15, -0.1) is 0 Å². The number of fused-ring (bicyclic) bond motifs is 1. The molecule has 1 saturated heterocycles. The third-order valence-corrected chi connectivity index (χ3v) is 5.94. The predicted molar refractivity (Wildman–Crippen MR) is 103 cm³/mol. The number of hydrogen-bond donors (Lipinski definition) is 1. The number of aromatic nitrogens is 1. The third kappa shape index (κ3) is 4.10. The monoisotopic (exact) mass is 389 g/mol. The Hall–Kier alpha value is -2.08. The topological polar surface area (TPSA) is 75.4 Å². The molecule has 1 aromatic carbocycles. The van der Waals surface area contributed by atoms with Crippen LogP contribution in [0.15, 0.2) is 22.6 Å². The SMILES string of the molecule is CN1CC(CC(=O)NC2CCC(c3nc4cc(Cl)ccc4o3)CC2)CC1=O. The van der Waals surface area contributed by atoms with Crippen LogP contribution in [0.2, 0.25) is 5.02 Å². The highest BCUT2D eigenvalue weighted by Gasteiger charge is 2.30. The molecule has 2 fully saturated rings. The fraction of sp³-hybridized carbons (Fsp3) is 0.550. The first-order chi connectivity index (χ1) is 13.0. The smallest absolute Gasteiger partial charge is 0.222 e. The van der Waals surface area contributed by atoms with Gasteiger partial charge in [0.1, 0.15) is 5.52 Å². The molecule has 0 radical (unpaired) electrons. The largest absolute Gasteiger partial charge is 0.440 e. The number of oxazole rings is 1. The molecule has 2 aromatic rings. The second-order valence-corrected chi connectivity index (χ2v) is 8.27. The lowest BCUT2D eigenvalue weighted by atomic mass is 9.86. The van der Waals surface area contributed by atoms with Crippen molar-refractivity contribution in [1.29, 1.82) is 0 Å². The molecule has 1 atom stereocenters. The number of carbonyl (C=O) groups excluding carboxylic acids is 2. The molecule has 2 aliphatic rings. The van der Waals surface area contributed by atoms with E-state index in [1.165, 1.54) is 0 Å². The van der Waals surface area contributed by atoms with Gasteiger partial charge in [0.05, 0.1) is 0 Å². The number of benzene rings is 1. The van der Waals surface area contributed by atoms with Gasteiger partial charge in [-0.05, 0) is 49.8 Å². The van der Waals surface area contributed by atoms with Crippen molar-refractivity contribution in [3.05, 3.63) is 29.1 Å². The van der Waals surface area contributed by atoms with Crippen LogP contribution in [0.1, 0.15) is 50.3 Å². The summed E-state index contributed by atoms with van der Waals surface area (Å²) in [6.07, 6.45) is 4.63. The quantitative estimate of drug-likeness (QED) is 0.868. The summed E-state index contributed by atoms with van der Waals surface area (Å²) >= 11 is 6.01. The summed E-state index contributed by atoms with van der Waals surface area (Å²) in [5, 5.41) is 3.80. The van der Waals surface area contributed by atoms with E-state index in [2.05, 4.69) is 10.3 Å². The Labute approximate surface area is 163 Å². The summed E-state index contributed by atoms with van der Waals surface area (Å²) < 4.78 is 5.89. The van der Waals surface area contributed by atoms with E-state index in [9.17, 15) is 9.59 Å². The van der Waals surface area contributed by atoms with E-state index in [1.54, 1.807) is 18.0 Å². The molecular formula is C20H24ClN3O3. The maximum atomic E-state index is 12.3. The normalized spacial score (nSPS) is 25.9. The molecule has 0 bridgehead atoms. The van der Waals surface area contributed by atoms with Crippen LogP contribution in [-0.4, -0.2) is 41.3 Å². The first-order valence-electron chi connectivity index (χ1n) is 9.57. The Morgan fingerprint density at radius 1 is 1.33 bits per heavy atom. The molecule has 27 heavy (non-hydrogen) atoms. The Morgan fingerprint density at radius 3 is 2.81 bits per heavy atom. The third-order valence-electron chi connectivity index (χ3n) is 5.70. The van der Waals surface area contributed by atoms with Gasteiger partial charge in [0.15, 0.2) is 11.5 Å². The standard InChI is InChI=1S/C20H24ClN3O3/c1-24-11-12(9-19(24)26)8-18(25)22-15-5-2-13(3-6-15)20-23-16-10-14(21)4-7-17(16)27-20/h4,7,10,12-13,15H,2-3,5-6,8-9,11H2,1H3,(H,22,25). The summed E-state index contributed by atoms with van der Waals surface area (Å²) in [5.74, 6) is 1.39. The van der Waals surface area contributed by atoms with Gasteiger partial charge >= 0.3 is 0 Å². The Balaban J connectivity index is 1.28. The predicted octanol–water partition coefficient (Wildman–Crippen LogP) is 3.49. The van der Waals surface area contributed by atoms with Crippen LogP contribution in [0.4, 0.5) is 0 Å². The molecular weight excluding hydrogens is 366 g/mol. The molecule has 1 saturated carbocycles. The number of likely N-dealkylation sites (tertiary alicyclic amines) is 1. The molecule has 4 rings (SSSR count). The first kappa shape index (κ1) is 18.3. The summed E-state index contributed by atoms with van der Waals surface area (Å²) in [6.45, 7) is 0.681. The van der Waals surface area contributed by atoms with E-state index in [0.29, 0.717) is 24.4 Å². The molecule has 1 N–H and O–H groups in total. The van der Waals surface area contributed by atoms with Crippen molar-refractivity contribution in [2.24, 2.45) is 5.92 Å². The molecule has 0 spiro atoms. The molecule has 1 aliphatic carbocycles. The lowest BCUT2D eigenvalue weighted by Crippen LogP contribution is -2.38. The van der Waals surface area contributed by atoms with E-state index < -0.39 is 0 Å². The van der Waals surface area contributed by atoms with Crippen LogP contribution in [0.5, 0.6) is 0 Å². The van der Waals surface area contributed by atoms with Crippen LogP contribution in [0.3, 0.4) is 0 Å².